The summed E-state index contributed by atoms with van der Waals surface area (Å²) in [5, 5.41) is 4.38. The van der Waals surface area contributed by atoms with Gasteiger partial charge in [-0.1, -0.05) is 11.6 Å². The molecule has 0 unspecified atom stereocenters. The van der Waals surface area contributed by atoms with Crippen LogP contribution in [0, 0.1) is 0 Å². The third kappa shape index (κ3) is 4.06. The number of carbonyl (C=O) groups is 2. The fourth-order valence-corrected chi connectivity index (χ4v) is 2.84. The van der Waals surface area contributed by atoms with Gasteiger partial charge in [0.15, 0.2) is 5.82 Å². The van der Waals surface area contributed by atoms with Crippen LogP contribution in [0.1, 0.15) is 36.8 Å². The van der Waals surface area contributed by atoms with Crippen molar-refractivity contribution in [1.29, 1.82) is 0 Å². The third-order valence-electron chi connectivity index (χ3n) is 3.77. The van der Waals surface area contributed by atoms with Gasteiger partial charge in [0.2, 0.25) is 0 Å². The van der Waals surface area contributed by atoms with E-state index < -0.39 is 17.6 Å². The molecule has 0 spiro atoms. The fourth-order valence-electron chi connectivity index (χ4n) is 2.67. The van der Waals surface area contributed by atoms with Crippen molar-refractivity contribution in [3.05, 3.63) is 47.0 Å². The monoisotopic (exact) mass is 389 g/mol. The Morgan fingerprint density at radius 2 is 2.11 bits per heavy atom. The minimum atomic E-state index is -0.621. The van der Waals surface area contributed by atoms with Gasteiger partial charge in [-0.2, -0.15) is 0 Å². The molecule has 1 aromatic carbocycles. The molecule has 9 heteroatoms. The van der Waals surface area contributed by atoms with Gasteiger partial charge in [-0.25, -0.2) is 9.78 Å². The predicted octanol–water partition coefficient (Wildman–Crippen LogP) is 3.51. The van der Waals surface area contributed by atoms with Gasteiger partial charge in [0.25, 0.3) is 5.91 Å². The van der Waals surface area contributed by atoms with Crippen molar-refractivity contribution in [3.63, 3.8) is 0 Å². The predicted molar refractivity (Wildman–Crippen MR) is 103 cm³/mol. The molecule has 0 aliphatic rings. The molecular weight excluding hydrogens is 370 g/mol. The highest BCUT2D eigenvalue weighted by atomic mass is 35.5. The number of aromatic amines is 1. The van der Waals surface area contributed by atoms with Gasteiger partial charge in [-0.05, 0) is 44.5 Å². The normalized spacial score (nSPS) is 11.6. The Hall–Kier alpha value is -3.00. The highest BCUT2D eigenvalue weighted by Crippen LogP contribution is 2.27. The number of imidazole rings is 1. The van der Waals surface area contributed by atoms with Crippen LogP contribution in [0.3, 0.4) is 0 Å². The van der Waals surface area contributed by atoms with E-state index in [2.05, 4.69) is 15.3 Å². The number of nitrogens with two attached hydrogens (primary N) is 1. The van der Waals surface area contributed by atoms with Crippen LogP contribution in [0.5, 0.6) is 0 Å². The minimum absolute atomic E-state index is 0.184. The highest BCUT2D eigenvalue weighted by Gasteiger charge is 2.21. The van der Waals surface area contributed by atoms with E-state index in [0.717, 1.165) is 10.9 Å². The highest BCUT2D eigenvalue weighted by molar-refractivity contribution is 6.31. The Morgan fingerprint density at radius 3 is 2.78 bits per heavy atom. The number of nitrogens with zero attached hydrogens (tertiary/aromatic N) is 2. The quantitative estimate of drug-likeness (QED) is 0.631. The topological polar surface area (TPSA) is 115 Å². The Balaban J connectivity index is 1.95. The Bertz CT molecular complexity index is 1020. The number of fused-ring (bicyclic) bond motifs is 1. The van der Waals surface area contributed by atoms with Crippen LogP contribution < -0.4 is 11.1 Å². The number of halogens is 1. The van der Waals surface area contributed by atoms with Gasteiger partial charge in [0, 0.05) is 23.2 Å². The first-order valence-corrected chi connectivity index (χ1v) is 8.63. The van der Waals surface area contributed by atoms with Crippen molar-refractivity contribution in [2.45, 2.75) is 32.9 Å². The average molecular weight is 390 g/mol. The zero-order chi connectivity index (χ0) is 19.8. The summed E-state index contributed by atoms with van der Waals surface area (Å²) >= 11 is 6.13. The summed E-state index contributed by atoms with van der Waals surface area (Å²) in [4.78, 5) is 30.7. The summed E-state index contributed by atoms with van der Waals surface area (Å²) < 4.78 is 6.91. The molecule has 2 heterocycles. The van der Waals surface area contributed by atoms with E-state index in [9.17, 15) is 9.59 Å². The number of amides is 1. The van der Waals surface area contributed by atoms with Gasteiger partial charge in [-0.3, -0.25) is 9.36 Å². The largest absolute Gasteiger partial charge is 0.443 e. The number of anilines is 1. The second kappa shape index (κ2) is 6.96. The number of aromatic nitrogens is 3. The summed E-state index contributed by atoms with van der Waals surface area (Å²) in [6.07, 6.45) is 2.57. The number of rotatable bonds is 4. The summed E-state index contributed by atoms with van der Waals surface area (Å²) in [6, 6.07) is 5.24. The van der Waals surface area contributed by atoms with E-state index >= 15 is 0 Å². The maximum absolute atomic E-state index is 12.6. The summed E-state index contributed by atoms with van der Waals surface area (Å²) in [5.74, 6) is -0.281. The van der Waals surface area contributed by atoms with Gasteiger partial charge in [0.05, 0.1) is 11.8 Å². The Kier molecular flexibility index (Phi) is 4.84. The average Bonchev–Trinajstić information content (AvgIpc) is 3.15. The van der Waals surface area contributed by atoms with Gasteiger partial charge < -0.3 is 20.8 Å². The molecule has 1 amide bonds. The first-order chi connectivity index (χ1) is 12.7. The van der Waals surface area contributed by atoms with Crippen molar-refractivity contribution in [2.24, 2.45) is 5.73 Å². The second-order valence-corrected chi connectivity index (χ2v) is 7.45. The lowest BCUT2D eigenvalue weighted by atomic mass is 10.2. The van der Waals surface area contributed by atoms with E-state index in [1.165, 1.54) is 10.9 Å². The Labute approximate surface area is 160 Å². The zero-order valence-corrected chi connectivity index (χ0v) is 15.9. The molecule has 4 N–H and O–H groups in total. The number of ether oxygens (including phenoxy) is 1. The van der Waals surface area contributed by atoms with Gasteiger partial charge >= 0.3 is 6.09 Å². The van der Waals surface area contributed by atoms with Gasteiger partial charge in [-0.15, -0.1) is 0 Å². The standard InChI is InChI=1S/C18H20ClN5O3/c1-18(2,3)27-17(26)24-8-10(12-6-11(19)4-5-13(12)24)7-21-16-14(15(20)25)22-9-23-16/h4-6,8-9,21H,7H2,1-3H3,(H2,20,25)(H,22,23). The molecule has 0 saturated carbocycles. The molecule has 0 aliphatic carbocycles. The van der Waals surface area contributed by atoms with Crippen molar-refractivity contribution in [1.82, 2.24) is 14.5 Å². The van der Waals surface area contributed by atoms with Crippen molar-refractivity contribution in [3.8, 4) is 0 Å². The van der Waals surface area contributed by atoms with Crippen LogP contribution >= 0.6 is 11.6 Å². The van der Waals surface area contributed by atoms with E-state index in [-0.39, 0.29) is 5.69 Å². The van der Waals surface area contributed by atoms with Crippen molar-refractivity contribution >= 4 is 40.3 Å². The molecule has 27 heavy (non-hydrogen) atoms. The number of hydrogen-bond acceptors (Lipinski definition) is 5. The first-order valence-electron chi connectivity index (χ1n) is 8.25. The molecule has 2 aromatic heterocycles. The molecule has 0 atom stereocenters. The SMILES string of the molecule is CC(C)(C)OC(=O)n1cc(CNc2nc[nH]c2C(N)=O)c2cc(Cl)ccc21. The molecular formula is C18H20ClN5O3. The van der Waals surface area contributed by atoms with Crippen LogP contribution in [0.2, 0.25) is 5.02 Å². The Morgan fingerprint density at radius 1 is 1.37 bits per heavy atom. The molecule has 142 valence electrons. The molecule has 0 saturated heterocycles. The van der Waals surface area contributed by atoms with Crippen molar-refractivity contribution < 1.29 is 14.3 Å². The van der Waals surface area contributed by atoms with E-state index in [0.29, 0.717) is 22.9 Å². The lowest BCUT2D eigenvalue weighted by Crippen LogP contribution is -2.26. The number of benzene rings is 1. The van der Waals surface area contributed by atoms with Crippen molar-refractivity contribution in [2.75, 3.05) is 5.32 Å². The van der Waals surface area contributed by atoms with Crippen LogP contribution in [0.4, 0.5) is 10.6 Å². The number of primary amides is 1. The second-order valence-electron chi connectivity index (χ2n) is 7.01. The van der Waals surface area contributed by atoms with Crippen LogP contribution in [-0.4, -0.2) is 32.1 Å². The van der Waals surface area contributed by atoms with Crippen LogP contribution in [0.25, 0.3) is 10.9 Å². The van der Waals surface area contributed by atoms with Crippen LogP contribution in [-0.2, 0) is 11.3 Å². The van der Waals surface area contributed by atoms with Gasteiger partial charge in [0.1, 0.15) is 11.3 Å². The van der Waals surface area contributed by atoms with Crippen LogP contribution in [0.15, 0.2) is 30.7 Å². The lowest BCUT2D eigenvalue weighted by molar-refractivity contribution is 0.0544. The number of H-pyrrole nitrogens is 1. The molecule has 3 rings (SSSR count). The third-order valence-corrected chi connectivity index (χ3v) is 4.01. The van der Waals surface area contributed by atoms with E-state index in [1.54, 1.807) is 45.2 Å². The minimum Gasteiger partial charge on any atom is -0.443 e. The number of nitrogens with one attached hydrogen (secondary N) is 2. The number of carbonyl (C=O) groups excluding carboxylic acids is 2. The lowest BCUT2D eigenvalue weighted by Gasteiger charge is -2.19. The fraction of sp³-hybridized carbons (Fsp3) is 0.278. The summed E-state index contributed by atoms with van der Waals surface area (Å²) in [5.41, 5.74) is 6.33. The molecule has 8 nitrogen and oxygen atoms in total. The molecule has 0 radical (unpaired) electrons. The molecule has 0 aliphatic heterocycles. The molecule has 0 bridgehead atoms. The smallest absolute Gasteiger partial charge is 0.419 e. The maximum Gasteiger partial charge on any atom is 0.419 e. The zero-order valence-electron chi connectivity index (χ0n) is 15.2. The van der Waals surface area contributed by atoms with E-state index in [4.69, 9.17) is 22.1 Å². The van der Waals surface area contributed by atoms with E-state index in [1.807, 2.05) is 0 Å². The summed E-state index contributed by atoms with van der Waals surface area (Å²) in [7, 11) is 0. The molecule has 3 aromatic rings. The summed E-state index contributed by atoms with van der Waals surface area (Å²) in [6.45, 7) is 5.72. The molecule has 0 fully saturated rings. The first kappa shape index (κ1) is 18.8. The number of hydrogen-bond donors (Lipinski definition) is 3. The maximum atomic E-state index is 12.6.